The van der Waals surface area contributed by atoms with Gasteiger partial charge in [-0.2, -0.15) is 0 Å². The zero-order chi connectivity index (χ0) is 8.15. The maximum absolute atomic E-state index is 10.5. The molecule has 10 heavy (non-hydrogen) atoms. The van der Waals surface area contributed by atoms with Gasteiger partial charge in [-0.05, 0) is 6.42 Å². The highest BCUT2D eigenvalue weighted by atomic mass is 16.1. The standard InChI is InChI=1S/C7H14N2O/c1-3-4-6(8)5(2)7(9)10/h6H,2-4,8H2,1H3,(H2,9,10). The fourth-order valence-electron chi connectivity index (χ4n) is 0.668. The molecule has 0 saturated heterocycles. The number of hydrogen-bond acceptors (Lipinski definition) is 2. The second kappa shape index (κ2) is 4.06. The summed E-state index contributed by atoms with van der Waals surface area (Å²) < 4.78 is 0. The molecule has 1 unspecified atom stereocenters. The molecule has 0 saturated carbocycles. The number of carbonyl (C=O) groups is 1. The molecule has 58 valence electrons. The molecule has 0 aromatic rings. The van der Waals surface area contributed by atoms with Crippen LogP contribution in [-0.4, -0.2) is 11.9 Å². The van der Waals surface area contributed by atoms with Gasteiger partial charge in [0, 0.05) is 11.6 Å². The van der Waals surface area contributed by atoms with Crippen LogP contribution in [0.4, 0.5) is 0 Å². The molecule has 0 rings (SSSR count). The fourth-order valence-corrected chi connectivity index (χ4v) is 0.668. The average molecular weight is 142 g/mol. The van der Waals surface area contributed by atoms with E-state index in [1.165, 1.54) is 0 Å². The predicted octanol–water partition coefficient (Wildman–Crippen LogP) is 0.155. The van der Waals surface area contributed by atoms with Gasteiger partial charge in [0.25, 0.3) is 0 Å². The maximum atomic E-state index is 10.5. The Labute approximate surface area is 61.1 Å². The Morgan fingerprint density at radius 3 is 2.50 bits per heavy atom. The van der Waals surface area contributed by atoms with E-state index in [2.05, 4.69) is 6.58 Å². The van der Waals surface area contributed by atoms with E-state index < -0.39 is 5.91 Å². The molecule has 0 radical (unpaired) electrons. The molecule has 0 aromatic heterocycles. The first-order valence-electron chi connectivity index (χ1n) is 3.33. The molecular weight excluding hydrogens is 128 g/mol. The lowest BCUT2D eigenvalue weighted by Gasteiger charge is -2.09. The lowest BCUT2D eigenvalue weighted by molar-refractivity contribution is -0.114. The highest BCUT2D eigenvalue weighted by molar-refractivity contribution is 5.92. The molecule has 0 aliphatic carbocycles. The van der Waals surface area contributed by atoms with Crippen molar-refractivity contribution >= 4 is 5.91 Å². The van der Waals surface area contributed by atoms with E-state index in [9.17, 15) is 4.79 Å². The van der Waals surface area contributed by atoms with Crippen LogP contribution in [0.5, 0.6) is 0 Å². The minimum Gasteiger partial charge on any atom is -0.366 e. The lowest BCUT2D eigenvalue weighted by atomic mass is 10.1. The Hall–Kier alpha value is -0.830. The monoisotopic (exact) mass is 142 g/mol. The summed E-state index contributed by atoms with van der Waals surface area (Å²) in [7, 11) is 0. The molecule has 0 fully saturated rings. The molecule has 4 N–H and O–H groups in total. The van der Waals surface area contributed by atoms with Crippen molar-refractivity contribution in [2.24, 2.45) is 11.5 Å². The van der Waals surface area contributed by atoms with Gasteiger partial charge in [0.1, 0.15) is 0 Å². The lowest BCUT2D eigenvalue weighted by Crippen LogP contribution is -2.30. The molecule has 0 aromatic carbocycles. The molecule has 3 heteroatoms. The van der Waals surface area contributed by atoms with Crippen molar-refractivity contribution in [3.63, 3.8) is 0 Å². The number of primary amides is 1. The third kappa shape index (κ3) is 2.64. The summed E-state index contributed by atoms with van der Waals surface area (Å²) in [5.41, 5.74) is 10.8. The van der Waals surface area contributed by atoms with Crippen molar-refractivity contribution in [2.75, 3.05) is 0 Å². The van der Waals surface area contributed by atoms with Gasteiger partial charge in [0.05, 0.1) is 0 Å². The van der Waals surface area contributed by atoms with Crippen LogP contribution in [-0.2, 0) is 4.79 Å². The molecule has 0 aliphatic rings. The predicted molar refractivity (Wildman–Crippen MR) is 41.2 cm³/mol. The minimum absolute atomic E-state index is 0.262. The zero-order valence-corrected chi connectivity index (χ0v) is 6.26. The van der Waals surface area contributed by atoms with E-state index in [0.717, 1.165) is 12.8 Å². The van der Waals surface area contributed by atoms with Crippen LogP contribution in [0.1, 0.15) is 19.8 Å². The summed E-state index contributed by atoms with van der Waals surface area (Å²) in [6.45, 7) is 5.47. The molecule has 0 spiro atoms. The van der Waals surface area contributed by atoms with Crippen molar-refractivity contribution in [3.8, 4) is 0 Å². The zero-order valence-electron chi connectivity index (χ0n) is 6.26. The van der Waals surface area contributed by atoms with Gasteiger partial charge in [0.15, 0.2) is 0 Å². The molecule has 0 aliphatic heterocycles. The summed E-state index contributed by atoms with van der Waals surface area (Å²) >= 11 is 0. The van der Waals surface area contributed by atoms with Gasteiger partial charge in [0.2, 0.25) is 5.91 Å². The average Bonchev–Trinajstić information content (AvgIpc) is 1.87. The number of hydrogen-bond donors (Lipinski definition) is 2. The first-order chi connectivity index (χ1) is 4.59. The van der Waals surface area contributed by atoms with E-state index in [0.29, 0.717) is 5.57 Å². The van der Waals surface area contributed by atoms with Crippen LogP contribution in [0.15, 0.2) is 12.2 Å². The molecule has 0 heterocycles. The van der Waals surface area contributed by atoms with Crippen LogP contribution in [0, 0.1) is 0 Å². The largest absolute Gasteiger partial charge is 0.366 e. The summed E-state index contributed by atoms with van der Waals surface area (Å²) in [6.07, 6.45) is 1.70. The molecule has 1 atom stereocenters. The first kappa shape index (κ1) is 9.17. The second-order valence-electron chi connectivity index (χ2n) is 2.28. The third-order valence-electron chi connectivity index (χ3n) is 1.36. The van der Waals surface area contributed by atoms with Gasteiger partial charge in [-0.1, -0.05) is 19.9 Å². The number of rotatable bonds is 4. The summed E-state index contributed by atoms with van der Waals surface area (Å²) in [5, 5.41) is 0. The Morgan fingerprint density at radius 1 is 1.70 bits per heavy atom. The maximum Gasteiger partial charge on any atom is 0.245 e. The van der Waals surface area contributed by atoms with Crippen molar-refractivity contribution < 1.29 is 4.79 Å². The van der Waals surface area contributed by atoms with Crippen LogP contribution in [0.3, 0.4) is 0 Å². The summed E-state index contributed by atoms with van der Waals surface area (Å²) in [5.74, 6) is -0.499. The van der Waals surface area contributed by atoms with E-state index in [-0.39, 0.29) is 6.04 Å². The number of nitrogens with two attached hydrogens (primary N) is 2. The van der Waals surface area contributed by atoms with Gasteiger partial charge in [-0.25, -0.2) is 0 Å². The second-order valence-corrected chi connectivity index (χ2v) is 2.28. The van der Waals surface area contributed by atoms with E-state index in [1.807, 2.05) is 6.92 Å². The van der Waals surface area contributed by atoms with Crippen molar-refractivity contribution in [3.05, 3.63) is 12.2 Å². The van der Waals surface area contributed by atoms with Crippen LogP contribution >= 0.6 is 0 Å². The van der Waals surface area contributed by atoms with Gasteiger partial charge in [-0.3, -0.25) is 4.79 Å². The Morgan fingerprint density at radius 2 is 2.20 bits per heavy atom. The van der Waals surface area contributed by atoms with Crippen molar-refractivity contribution in [1.82, 2.24) is 0 Å². The topological polar surface area (TPSA) is 69.1 Å². The molecule has 0 bridgehead atoms. The SMILES string of the molecule is C=C(C(N)=O)C(N)CCC. The first-order valence-corrected chi connectivity index (χ1v) is 3.33. The van der Waals surface area contributed by atoms with Crippen LogP contribution < -0.4 is 11.5 Å². The van der Waals surface area contributed by atoms with Gasteiger partial charge in [-0.15, -0.1) is 0 Å². The van der Waals surface area contributed by atoms with Gasteiger partial charge >= 0.3 is 0 Å². The Kier molecular flexibility index (Phi) is 3.72. The number of carbonyl (C=O) groups excluding carboxylic acids is 1. The molecule has 1 amide bonds. The van der Waals surface area contributed by atoms with E-state index in [1.54, 1.807) is 0 Å². The highest BCUT2D eigenvalue weighted by Crippen LogP contribution is 2.02. The van der Waals surface area contributed by atoms with E-state index >= 15 is 0 Å². The van der Waals surface area contributed by atoms with Gasteiger partial charge < -0.3 is 11.5 Å². The van der Waals surface area contributed by atoms with Crippen molar-refractivity contribution in [2.45, 2.75) is 25.8 Å². The Balaban J connectivity index is 3.82. The minimum atomic E-state index is -0.499. The van der Waals surface area contributed by atoms with Crippen molar-refractivity contribution in [1.29, 1.82) is 0 Å². The summed E-state index contributed by atoms with van der Waals surface area (Å²) in [6, 6.07) is -0.262. The van der Waals surface area contributed by atoms with Crippen LogP contribution in [0.25, 0.3) is 0 Å². The third-order valence-corrected chi connectivity index (χ3v) is 1.36. The molecule has 3 nitrogen and oxygen atoms in total. The normalized spacial score (nSPS) is 12.6. The smallest absolute Gasteiger partial charge is 0.245 e. The summed E-state index contributed by atoms with van der Waals surface area (Å²) in [4.78, 5) is 10.5. The number of amides is 1. The quantitative estimate of drug-likeness (QED) is 0.549. The fraction of sp³-hybridized carbons (Fsp3) is 0.571. The highest BCUT2D eigenvalue weighted by Gasteiger charge is 2.09. The van der Waals surface area contributed by atoms with E-state index in [4.69, 9.17) is 11.5 Å². The Bertz CT molecular complexity index is 143. The molecular formula is C7H14N2O. The van der Waals surface area contributed by atoms with Crippen LogP contribution in [0.2, 0.25) is 0 Å².